The average Bonchev–Trinajstić information content (AvgIpc) is 2.40. The van der Waals surface area contributed by atoms with Crippen LogP contribution in [-0.2, 0) is 19.2 Å². The predicted molar refractivity (Wildman–Crippen MR) is 80.8 cm³/mol. The van der Waals surface area contributed by atoms with E-state index in [1.807, 2.05) is 0 Å². The minimum absolute atomic E-state index is 0.193. The Balaban J connectivity index is 3.87. The van der Waals surface area contributed by atoms with Crippen molar-refractivity contribution in [2.75, 3.05) is 0 Å². The maximum absolute atomic E-state index is 11.8. The number of carboxylic acid groups (broad SMARTS) is 1. The highest BCUT2D eigenvalue weighted by Crippen LogP contribution is 2.10. The fourth-order valence-corrected chi connectivity index (χ4v) is 2.21. The van der Waals surface area contributed by atoms with Crippen LogP contribution < -0.4 is 5.84 Å². The summed E-state index contributed by atoms with van der Waals surface area (Å²) < 4.78 is 0. The van der Waals surface area contributed by atoms with Crippen LogP contribution in [0.25, 0.3) is 0 Å². The zero-order valence-corrected chi connectivity index (χ0v) is 13.3. The topological polar surface area (TPSA) is 118 Å². The van der Waals surface area contributed by atoms with Gasteiger partial charge in [-0.1, -0.05) is 25.7 Å². The summed E-state index contributed by atoms with van der Waals surface area (Å²) in [6.45, 7) is 2.46. The van der Waals surface area contributed by atoms with E-state index in [4.69, 9.17) is 10.9 Å². The zero-order valence-electron chi connectivity index (χ0n) is 13.3. The minimum Gasteiger partial charge on any atom is -0.481 e. The monoisotopic (exact) mass is 314 g/mol. The van der Waals surface area contributed by atoms with Crippen molar-refractivity contribution >= 4 is 23.4 Å². The number of aliphatic carboxylic acids is 1. The number of nitrogens with zero attached hydrogens (tertiary/aromatic N) is 1. The predicted octanol–water partition coefficient (Wildman–Crippen LogP) is 1.44. The molecule has 0 aromatic rings. The Hall–Kier alpha value is -1.76. The van der Waals surface area contributed by atoms with Crippen LogP contribution in [0.1, 0.15) is 65.2 Å². The van der Waals surface area contributed by atoms with Gasteiger partial charge in [0.25, 0.3) is 0 Å². The fraction of sp³-hybridized carbons (Fsp3) is 0.733. The molecule has 0 aliphatic rings. The quantitative estimate of drug-likeness (QED) is 0.185. The SMILES string of the molecule is CC(=O)C(C(C)=O)N(N)C(=O)CCCCCCCCC(=O)O. The summed E-state index contributed by atoms with van der Waals surface area (Å²) in [4.78, 5) is 44.8. The second kappa shape index (κ2) is 10.9. The maximum Gasteiger partial charge on any atom is 0.303 e. The van der Waals surface area contributed by atoms with Gasteiger partial charge >= 0.3 is 5.97 Å². The van der Waals surface area contributed by atoms with Crippen LogP contribution in [0, 0.1) is 0 Å². The van der Waals surface area contributed by atoms with Crippen molar-refractivity contribution in [3.05, 3.63) is 0 Å². The molecule has 7 nitrogen and oxygen atoms in total. The summed E-state index contributed by atoms with van der Waals surface area (Å²) in [6.07, 6.45) is 5.23. The smallest absolute Gasteiger partial charge is 0.303 e. The first-order valence-corrected chi connectivity index (χ1v) is 7.56. The van der Waals surface area contributed by atoms with Crippen molar-refractivity contribution in [2.45, 2.75) is 71.3 Å². The highest BCUT2D eigenvalue weighted by molar-refractivity contribution is 6.06. The third-order valence-electron chi connectivity index (χ3n) is 3.37. The van der Waals surface area contributed by atoms with E-state index in [2.05, 4.69) is 0 Å². The molecule has 0 heterocycles. The van der Waals surface area contributed by atoms with E-state index >= 15 is 0 Å². The minimum atomic E-state index is -1.19. The number of carbonyl (C=O) groups excluding carboxylic acids is 3. The molecule has 7 heteroatoms. The van der Waals surface area contributed by atoms with Gasteiger partial charge in [0.2, 0.25) is 5.91 Å². The molecule has 1 amide bonds. The van der Waals surface area contributed by atoms with Crippen LogP contribution in [0.3, 0.4) is 0 Å². The van der Waals surface area contributed by atoms with Crippen molar-refractivity contribution in [3.63, 3.8) is 0 Å². The number of hydrogen-bond donors (Lipinski definition) is 2. The summed E-state index contributed by atoms with van der Waals surface area (Å²) in [5, 5.41) is 9.22. The van der Waals surface area contributed by atoms with Crippen LogP contribution in [-0.4, -0.2) is 39.6 Å². The van der Waals surface area contributed by atoms with E-state index in [0.717, 1.165) is 30.7 Å². The fourth-order valence-electron chi connectivity index (χ4n) is 2.21. The van der Waals surface area contributed by atoms with E-state index < -0.39 is 29.5 Å². The molecule has 0 atom stereocenters. The number of carbonyl (C=O) groups is 4. The molecule has 0 bridgehead atoms. The Labute approximate surface area is 130 Å². The van der Waals surface area contributed by atoms with Gasteiger partial charge in [-0.05, 0) is 26.7 Å². The number of nitrogens with two attached hydrogens (primary N) is 1. The number of unbranched alkanes of at least 4 members (excludes halogenated alkanes) is 5. The molecule has 126 valence electrons. The Morgan fingerprint density at radius 2 is 1.27 bits per heavy atom. The normalized spacial score (nSPS) is 10.5. The molecule has 22 heavy (non-hydrogen) atoms. The summed E-state index contributed by atoms with van der Waals surface area (Å²) in [7, 11) is 0. The van der Waals surface area contributed by atoms with Gasteiger partial charge in [-0.2, -0.15) is 0 Å². The highest BCUT2D eigenvalue weighted by atomic mass is 16.4. The third-order valence-corrected chi connectivity index (χ3v) is 3.37. The van der Waals surface area contributed by atoms with Gasteiger partial charge in [0.15, 0.2) is 17.6 Å². The average molecular weight is 314 g/mol. The first-order valence-electron chi connectivity index (χ1n) is 7.56. The van der Waals surface area contributed by atoms with Crippen LogP contribution in [0.4, 0.5) is 0 Å². The lowest BCUT2D eigenvalue weighted by atomic mass is 10.1. The Kier molecular flexibility index (Phi) is 10.0. The van der Waals surface area contributed by atoms with Crippen molar-refractivity contribution in [2.24, 2.45) is 5.84 Å². The third kappa shape index (κ3) is 8.51. The van der Waals surface area contributed by atoms with Crippen molar-refractivity contribution < 1.29 is 24.3 Å². The second-order valence-corrected chi connectivity index (χ2v) is 5.44. The Morgan fingerprint density at radius 1 is 0.864 bits per heavy atom. The van der Waals surface area contributed by atoms with E-state index in [-0.39, 0.29) is 12.8 Å². The lowest BCUT2D eigenvalue weighted by molar-refractivity contribution is -0.144. The highest BCUT2D eigenvalue weighted by Gasteiger charge is 2.28. The summed E-state index contributed by atoms with van der Waals surface area (Å²) >= 11 is 0. The van der Waals surface area contributed by atoms with Crippen LogP contribution >= 0.6 is 0 Å². The van der Waals surface area contributed by atoms with Crippen LogP contribution in [0.2, 0.25) is 0 Å². The number of carboxylic acids is 1. The lowest BCUT2D eigenvalue weighted by Crippen LogP contribution is -2.52. The standard InChI is InChI=1S/C15H26N2O5/c1-11(18)15(12(2)19)17(16)13(20)9-7-5-3-4-6-8-10-14(21)22/h15H,3-10,16H2,1-2H3,(H,21,22). The molecule has 0 unspecified atom stereocenters. The molecule has 0 spiro atoms. The van der Waals surface area contributed by atoms with Gasteiger partial charge in [-0.15, -0.1) is 0 Å². The zero-order chi connectivity index (χ0) is 17.1. The maximum atomic E-state index is 11.8. The van der Waals surface area contributed by atoms with Crippen molar-refractivity contribution in [1.82, 2.24) is 5.01 Å². The van der Waals surface area contributed by atoms with E-state index in [1.165, 1.54) is 13.8 Å². The van der Waals surface area contributed by atoms with E-state index in [9.17, 15) is 19.2 Å². The molecule has 0 aromatic carbocycles. The van der Waals surface area contributed by atoms with Crippen LogP contribution in [0.5, 0.6) is 0 Å². The van der Waals surface area contributed by atoms with E-state index in [0.29, 0.717) is 12.8 Å². The van der Waals surface area contributed by atoms with Gasteiger partial charge < -0.3 is 5.11 Å². The Bertz CT molecular complexity index is 395. The molecule has 0 saturated carbocycles. The second-order valence-electron chi connectivity index (χ2n) is 5.44. The summed E-state index contributed by atoms with van der Waals surface area (Å²) in [5.74, 6) is 3.48. The first kappa shape index (κ1) is 20.2. The molecule has 0 aliphatic heterocycles. The molecule has 0 aliphatic carbocycles. The molecular weight excluding hydrogens is 288 g/mol. The molecule has 0 aromatic heterocycles. The molecule has 0 fully saturated rings. The first-order chi connectivity index (χ1) is 10.3. The molecule has 0 saturated heterocycles. The lowest BCUT2D eigenvalue weighted by Gasteiger charge is -2.23. The number of Topliss-reactive ketones (excluding diaryl/α,β-unsaturated/α-hetero) is 2. The number of ketones is 2. The van der Waals surface area contributed by atoms with Gasteiger partial charge in [-0.25, -0.2) is 5.84 Å². The number of hydrogen-bond acceptors (Lipinski definition) is 5. The van der Waals surface area contributed by atoms with Gasteiger partial charge in [0.05, 0.1) is 0 Å². The molecule has 0 radical (unpaired) electrons. The molecular formula is C15H26N2O5. The largest absolute Gasteiger partial charge is 0.481 e. The summed E-state index contributed by atoms with van der Waals surface area (Å²) in [5.41, 5.74) is 0. The number of amides is 1. The van der Waals surface area contributed by atoms with Gasteiger partial charge in [0, 0.05) is 12.8 Å². The van der Waals surface area contributed by atoms with Crippen LogP contribution in [0.15, 0.2) is 0 Å². The van der Waals surface area contributed by atoms with Crippen molar-refractivity contribution in [3.8, 4) is 0 Å². The van der Waals surface area contributed by atoms with Crippen molar-refractivity contribution in [1.29, 1.82) is 0 Å². The van der Waals surface area contributed by atoms with Gasteiger partial charge in [-0.3, -0.25) is 24.2 Å². The van der Waals surface area contributed by atoms with Gasteiger partial charge in [0.1, 0.15) is 0 Å². The number of rotatable bonds is 12. The number of hydrazine groups is 1. The van der Waals surface area contributed by atoms with E-state index in [1.54, 1.807) is 0 Å². The molecule has 3 N–H and O–H groups in total. The Morgan fingerprint density at radius 3 is 1.68 bits per heavy atom. The summed E-state index contributed by atoms with van der Waals surface area (Å²) in [6, 6.07) is -1.19. The molecule has 0 rings (SSSR count).